The second kappa shape index (κ2) is 10.8. The predicted octanol–water partition coefficient (Wildman–Crippen LogP) is 5.90. The maximum absolute atomic E-state index is 12.8. The van der Waals surface area contributed by atoms with Gasteiger partial charge < -0.3 is 10.3 Å². The average Bonchev–Trinajstić information content (AvgIpc) is 3.69. The summed E-state index contributed by atoms with van der Waals surface area (Å²) in [5, 5.41) is 7.05. The van der Waals surface area contributed by atoms with Crippen LogP contribution >= 0.6 is 11.3 Å². The zero-order chi connectivity index (χ0) is 28.4. The van der Waals surface area contributed by atoms with Crippen LogP contribution in [0.25, 0.3) is 44.7 Å². The molecule has 3 N–H and O–H groups in total. The van der Waals surface area contributed by atoms with Gasteiger partial charge in [0.05, 0.1) is 11.4 Å². The van der Waals surface area contributed by atoms with Crippen molar-refractivity contribution in [2.45, 2.75) is 4.90 Å². The predicted molar refractivity (Wildman–Crippen MR) is 157 cm³/mol. The van der Waals surface area contributed by atoms with Crippen molar-refractivity contribution in [2.75, 3.05) is 5.73 Å². The monoisotopic (exact) mass is 579 g/mol. The highest BCUT2D eigenvalue weighted by molar-refractivity contribution is 7.90. The topological polar surface area (TPSA) is 141 Å². The van der Waals surface area contributed by atoms with Crippen LogP contribution in [-0.2, 0) is 10.0 Å². The van der Waals surface area contributed by atoms with Gasteiger partial charge in [-0.15, -0.1) is 11.3 Å². The molecule has 2 aromatic heterocycles. The summed E-state index contributed by atoms with van der Waals surface area (Å²) >= 11 is 1.59. The molecule has 202 valence electrons. The molecule has 0 saturated carbocycles. The number of nitrogens with one attached hydrogen (secondary N) is 1. The molecule has 2 heterocycles. The molecular formula is C30H21N5O4S2. The van der Waals surface area contributed by atoms with E-state index in [4.69, 9.17) is 15.2 Å². The molecule has 11 heteroatoms. The third-order valence-corrected chi connectivity index (χ3v) is 8.49. The molecule has 0 spiro atoms. The van der Waals surface area contributed by atoms with E-state index in [0.29, 0.717) is 11.4 Å². The minimum Gasteiger partial charge on any atom is -0.398 e. The first kappa shape index (κ1) is 26.1. The first-order valence-corrected chi connectivity index (χ1v) is 14.7. The van der Waals surface area contributed by atoms with E-state index < -0.39 is 15.9 Å². The maximum atomic E-state index is 12.8. The molecular weight excluding hydrogens is 558 g/mol. The molecule has 0 saturated heterocycles. The number of rotatable bonds is 7. The number of hydrogen-bond donors (Lipinski definition) is 2. The van der Waals surface area contributed by atoms with E-state index in [1.165, 1.54) is 30.3 Å². The van der Waals surface area contributed by atoms with Gasteiger partial charge >= 0.3 is 0 Å². The van der Waals surface area contributed by atoms with Gasteiger partial charge in [-0.05, 0) is 30.3 Å². The summed E-state index contributed by atoms with van der Waals surface area (Å²) in [6.45, 7) is 0. The van der Waals surface area contributed by atoms with Crippen molar-refractivity contribution in [3.8, 4) is 44.7 Å². The van der Waals surface area contributed by atoms with Crippen LogP contribution in [0.2, 0.25) is 0 Å². The van der Waals surface area contributed by atoms with Gasteiger partial charge in [-0.3, -0.25) is 4.79 Å². The lowest BCUT2D eigenvalue weighted by molar-refractivity contribution is 0.0981. The summed E-state index contributed by atoms with van der Waals surface area (Å²) in [6, 6.07) is 29.8. The van der Waals surface area contributed by atoms with Gasteiger partial charge in [0, 0.05) is 33.2 Å². The molecule has 9 nitrogen and oxygen atoms in total. The fraction of sp³-hybridized carbons (Fsp3) is 0. The van der Waals surface area contributed by atoms with Gasteiger partial charge in [0.2, 0.25) is 5.82 Å². The van der Waals surface area contributed by atoms with Crippen molar-refractivity contribution in [2.24, 2.45) is 0 Å². The highest BCUT2D eigenvalue weighted by Crippen LogP contribution is 2.30. The number of carbonyl (C=O) groups excluding carboxylic acids is 1. The van der Waals surface area contributed by atoms with E-state index >= 15 is 0 Å². The maximum Gasteiger partial charge on any atom is 0.266 e. The standard InChI is InChI=1S/C30H21N5O4S2/c31-24-11-4-5-12-26(24)41(37,38)35-28(36)22-9-6-10-23(17-22)29-33-27(34-39-29)20-15-13-19(14-16-20)25-18-40-30(32-25)21-7-2-1-3-8-21/h1-18H,31H2,(H,35,36). The molecule has 6 rings (SSSR count). The molecule has 0 atom stereocenters. The highest BCUT2D eigenvalue weighted by atomic mass is 32.2. The Morgan fingerprint density at radius 2 is 1.49 bits per heavy atom. The van der Waals surface area contributed by atoms with E-state index in [2.05, 4.69) is 14.9 Å². The second-order valence-corrected chi connectivity index (χ2v) is 11.5. The molecule has 4 aromatic carbocycles. The van der Waals surface area contributed by atoms with E-state index in [1.54, 1.807) is 29.5 Å². The number of carbonyl (C=O) groups is 1. The van der Waals surface area contributed by atoms with Gasteiger partial charge in [-0.25, -0.2) is 18.1 Å². The number of thiazole rings is 1. The number of para-hydroxylation sites is 1. The van der Waals surface area contributed by atoms with Crippen LogP contribution < -0.4 is 10.5 Å². The molecule has 0 fully saturated rings. The lowest BCUT2D eigenvalue weighted by Crippen LogP contribution is -2.31. The van der Waals surface area contributed by atoms with Gasteiger partial charge in [0.15, 0.2) is 0 Å². The normalized spacial score (nSPS) is 11.3. The highest BCUT2D eigenvalue weighted by Gasteiger charge is 2.22. The summed E-state index contributed by atoms with van der Waals surface area (Å²) < 4.78 is 32.9. The second-order valence-electron chi connectivity index (χ2n) is 8.96. The van der Waals surface area contributed by atoms with Crippen molar-refractivity contribution in [1.82, 2.24) is 19.8 Å². The number of nitrogen functional groups attached to an aromatic ring is 1. The van der Waals surface area contributed by atoms with Crippen LogP contribution in [0.5, 0.6) is 0 Å². The number of aromatic nitrogens is 3. The van der Waals surface area contributed by atoms with Crippen molar-refractivity contribution in [3.05, 3.63) is 114 Å². The Labute approximate surface area is 239 Å². The molecule has 0 aliphatic rings. The number of sulfonamides is 1. The number of benzene rings is 4. The zero-order valence-electron chi connectivity index (χ0n) is 21.3. The van der Waals surface area contributed by atoms with Crippen LogP contribution in [0.1, 0.15) is 10.4 Å². The Hall–Kier alpha value is -5.13. The fourth-order valence-electron chi connectivity index (χ4n) is 4.12. The van der Waals surface area contributed by atoms with Crippen LogP contribution in [0, 0.1) is 0 Å². The largest absolute Gasteiger partial charge is 0.398 e. The number of hydrogen-bond acceptors (Lipinski definition) is 9. The molecule has 6 aromatic rings. The third kappa shape index (κ3) is 5.49. The quantitative estimate of drug-likeness (QED) is 0.223. The van der Waals surface area contributed by atoms with Crippen molar-refractivity contribution >= 4 is 33.0 Å². The van der Waals surface area contributed by atoms with Crippen LogP contribution in [0.15, 0.2) is 118 Å². The molecule has 41 heavy (non-hydrogen) atoms. The third-order valence-electron chi connectivity index (χ3n) is 6.20. The summed E-state index contributed by atoms with van der Waals surface area (Å²) in [4.78, 5) is 21.8. The van der Waals surface area contributed by atoms with E-state index in [9.17, 15) is 13.2 Å². The van der Waals surface area contributed by atoms with Crippen molar-refractivity contribution < 1.29 is 17.7 Å². The lowest BCUT2D eigenvalue weighted by atomic mass is 10.1. The van der Waals surface area contributed by atoms with Gasteiger partial charge in [-0.1, -0.05) is 78.0 Å². The molecule has 0 bridgehead atoms. The van der Waals surface area contributed by atoms with Gasteiger partial charge in [-0.2, -0.15) is 4.98 Å². The molecule has 0 aliphatic carbocycles. The smallest absolute Gasteiger partial charge is 0.266 e. The molecule has 0 unspecified atom stereocenters. The van der Waals surface area contributed by atoms with Gasteiger partial charge in [0.1, 0.15) is 9.90 Å². The molecule has 0 aliphatic heterocycles. The minimum absolute atomic E-state index is 0.0384. The Bertz CT molecular complexity index is 1970. The lowest BCUT2D eigenvalue weighted by Gasteiger charge is -2.09. The number of nitrogens with two attached hydrogens (primary N) is 1. The Morgan fingerprint density at radius 3 is 2.27 bits per heavy atom. The van der Waals surface area contributed by atoms with Crippen LogP contribution in [0.3, 0.4) is 0 Å². The number of nitrogens with zero attached hydrogens (tertiary/aromatic N) is 3. The van der Waals surface area contributed by atoms with E-state index in [-0.39, 0.29) is 22.0 Å². The Morgan fingerprint density at radius 1 is 0.780 bits per heavy atom. The number of amides is 1. The van der Waals surface area contributed by atoms with Crippen molar-refractivity contribution in [3.63, 3.8) is 0 Å². The van der Waals surface area contributed by atoms with Crippen LogP contribution in [0.4, 0.5) is 5.69 Å². The zero-order valence-corrected chi connectivity index (χ0v) is 22.9. The van der Waals surface area contributed by atoms with Crippen LogP contribution in [-0.4, -0.2) is 29.4 Å². The number of anilines is 1. The summed E-state index contributed by atoms with van der Waals surface area (Å²) in [7, 11) is -4.16. The SMILES string of the molecule is Nc1ccccc1S(=O)(=O)NC(=O)c1cccc(-c2nc(-c3ccc(-c4csc(-c5ccccc5)n4)cc3)no2)c1. The molecule has 0 radical (unpaired) electrons. The molecule has 1 amide bonds. The summed E-state index contributed by atoms with van der Waals surface area (Å²) in [5.41, 5.74) is 10.0. The summed E-state index contributed by atoms with van der Waals surface area (Å²) in [6.07, 6.45) is 0. The average molecular weight is 580 g/mol. The Balaban J connectivity index is 1.18. The first-order chi connectivity index (χ1) is 19.9. The minimum atomic E-state index is -4.16. The Kier molecular flexibility index (Phi) is 6.88. The van der Waals surface area contributed by atoms with E-state index in [0.717, 1.165) is 27.4 Å². The van der Waals surface area contributed by atoms with Gasteiger partial charge in [0.25, 0.3) is 21.8 Å². The fourth-order valence-corrected chi connectivity index (χ4v) is 6.07. The van der Waals surface area contributed by atoms with E-state index in [1.807, 2.05) is 60.0 Å². The first-order valence-electron chi connectivity index (χ1n) is 12.3. The van der Waals surface area contributed by atoms with Crippen molar-refractivity contribution in [1.29, 1.82) is 0 Å². The summed E-state index contributed by atoms with van der Waals surface area (Å²) in [5.74, 6) is -0.268.